The number of carbonyl (C=O) groups is 2. The van der Waals surface area contributed by atoms with Crippen LogP contribution in [0.1, 0.15) is 18.4 Å². The molecule has 0 N–H and O–H groups in total. The number of Topliss-reactive ketones (excluding diaryl/α,β-unsaturated/α-hetero) is 1. The molecule has 1 aliphatic rings. The van der Waals surface area contributed by atoms with Crippen molar-refractivity contribution in [2.45, 2.75) is 25.4 Å². The molecule has 16 heavy (non-hydrogen) atoms. The van der Waals surface area contributed by atoms with Crippen LogP contribution in [0.5, 0.6) is 0 Å². The van der Waals surface area contributed by atoms with Crippen LogP contribution >= 0.6 is 0 Å². The molecule has 0 radical (unpaired) electrons. The number of benzene rings is 1. The van der Waals surface area contributed by atoms with Gasteiger partial charge in [0, 0.05) is 6.54 Å². The molecule has 1 fully saturated rings. The van der Waals surface area contributed by atoms with Gasteiger partial charge in [0.15, 0.2) is 6.29 Å². The highest BCUT2D eigenvalue weighted by molar-refractivity contribution is 6.27. The molecular formula is C13H15NO2. The first-order valence-corrected chi connectivity index (χ1v) is 5.58. The zero-order chi connectivity index (χ0) is 11.4. The van der Waals surface area contributed by atoms with Crippen LogP contribution in [0.3, 0.4) is 0 Å². The van der Waals surface area contributed by atoms with E-state index >= 15 is 0 Å². The second-order valence-corrected chi connectivity index (χ2v) is 4.13. The number of likely N-dealkylation sites (tertiary alicyclic amines) is 1. The summed E-state index contributed by atoms with van der Waals surface area (Å²) < 4.78 is 0. The minimum atomic E-state index is -0.284. The van der Waals surface area contributed by atoms with E-state index in [1.165, 1.54) is 5.56 Å². The highest BCUT2D eigenvalue weighted by atomic mass is 16.2. The summed E-state index contributed by atoms with van der Waals surface area (Å²) in [6, 6.07) is 9.84. The van der Waals surface area contributed by atoms with Crippen LogP contribution < -0.4 is 0 Å². The van der Waals surface area contributed by atoms with Crippen LogP contribution in [-0.2, 0) is 16.1 Å². The van der Waals surface area contributed by atoms with Gasteiger partial charge in [0.2, 0.25) is 5.78 Å². The first kappa shape index (κ1) is 11.0. The number of hydrogen-bond donors (Lipinski definition) is 0. The fourth-order valence-corrected chi connectivity index (χ4v) is 2.23. The molecule has 1 aromatic rings. The first-order chi connectivity index (χ1) is 7.81. The van der Waals surface area contributed by atoms with Gasteiger partial charge in [-0.2, -0.15) is 0 Å². The van der Waals surface area contributed by atoms with E-state index < -0.39 is 0 Å². The molecule has 0 aliphatic carbocycles. The first-order valence-electron chi connectivity index (χ1n) is 5.58. The highest BCUT2D eigenvalue weighted by Crippen LogP contribution is 2.20. The molecule has 0 spiro atoms. The summed E-state index contributed by atoms with van der Waals surface area (Å²) in [4.78, 5) is 24.0. The number of hydrogen-bond acceptors (Lipinski definition) is 3. The zero-order valence-electron chi connectivity index (χ0n) is 9.13. The van der Waals surface area contributed by atoms with E-state index in [0.29, 0.717) is 6.29 Å². The summed E-state index contributed by atoms with van der Waals surface area (Å²) in [6.45, 7) is 1.66. The van der Waals surface area contributed by atoms with Crippen LogP contribution in [0.4, 0.5) is 0 Å². The van der Waals surface area contributed by atoms with E-state index in [0.717, 1.165) is 25.9 Å². The molecule has 1 aliphatic heterocycles. The van der Waals surface area contributed by atoms with Gasteiger partial charge < -0.3 is 0 Å². The summed E-state index contributed by atoms with van der Waals surface area (Å²) >= 11 is 0. The third kappa shape index (κ3) is 2.36. The molecule has 0 saturated carbocycles. The van der Waals surface area contributed by atoms with Crippen LogP contribution in [0.15, 0.2) is 30.3 Å². The van der Waals surface area contributed by atoms with Gasteiger partial charge in [-0.15, -0.1) is 0 Å². The van der Waals surface area contributed by atoms with Gasteiger partial charge in [0.25, 0.3) is 0 Å². The third-order valence-corrected chi connectivity index (χ3v) is 3.04. The van der Waals surface area contributed by atoms with Gasteiger partial charge in [0.1, 0.15) is 0 Å². The van der Waals surface area contributed by atoms with Crippen molar-refractivity contribution in [1.82, 2.24) is 4.90 Å². The van der Waals surface area contributed by atoms with E-state index in [1.54, 1.807) is 0 Å². The van der Waals surface area contributed by atoms with Crippen LogP contribution in [0.25, 0.3) is 0 Å². The van der Waals surface area contributed by atoms with Crippen molar-refractivity contribution >= 4 is 12.1 Å². The number of carbonyl (C=O) groups excluding carboxylic acids is 2. The Morgan fingerprint density at radius 2 is 2.12 bits per heavy atom. The van der Waals surface area contributed by atoms with Gasteiger partial charge in [0.05, 0.1) is 6.04 Å². The molecule has 0 bridgehead atoms. The van der Waals surface area contributed by atoms with E-state index in [2.05, 4.69) is 4.90 Å². The predicted molar refractivity (Wildman–Crippen MR) is 60.9 cm³/mol. The van der Waals surface area contributed by atoms with Crippen LogP contribution in [0.2, 0.25) is 0 Å². The van der Waals surface area contributed by atoms with Crippen molar-refractivity contribution in [1.29, 1.82) is 0 Å². The Kier molecular flexibility index (Phi) is 3.47. The highest BCUT2D eigenvalue weighted by Gasteiger charge is 2.29. The summed E-state index contributed by atoms with van der Waals surface area (Å²) in [6.07, 6.45) is 2.26. The fourth-order valence-electron chi connectivity index (χ4n) is 2.23. The van der Waals surface area contributed by atoms with Crippen LogP contribution in [0, 0.1) is 0 Å². The number of rotatable bonds is 4. The van der Waals surface area contributed by atoms with Gasteiger partial charge in [-0.1, -0.05) is 30.3 Å². The summed E-state index contributed by atoms with van der Waals surface area (Å²) in [5.41, 5.74) is 1.19. The fraction of sp³-hybridized carbons (Fsp3) is 0.385. The summed E-state index contributed by atoms with van der Waals surface area (Å²) in [5, 5.41) is 0. The lowest BCUT2D eigenvalue weighted by Crippen LogP contribution is -2.36. The maximum Gasteiger partial charge on any atom is 0.212 e. The average Bonchev–Trinajstić information content (AvgIpc) is 2.77. The Bertz CT molecular complexity index is 375. The third-order valence-electron chi connectivity index (χ3n) is 3.04. The van der Waals surface area contributed by atoms with E-state index in [1.807, 2.05) is 30.3 Å². The number of aldehydes is 1. The topological polar surface area (TPSA) is 37.4 Å². The molecule has 1 saturated heterocycles. The lowest BCUT2D eigenvalue weighted by Gasteiger charge is -2.21. The Hall–Kier alpha value is -1.48. The van der Waals surface area contributed by atoms with Gasteiger partial charge in [-0.3, -0.25) is 14.5 Å². The molecule has 1 aromatic carbocycles. The largest absolute Gasteiger partial charge is 0.295 e. The Balaban J connectivity index is 2.04. The minimum absolute atomic E-state index is 0.197. The SMILES string of the molecule is O=CC(=O)C1CCCN1Cc1ccccc1. The van der Waals surface area contributed by atoms with E-state index in [9.17, 15) is 9.59 Å². The molecule has 1 unspecified atom stereocenters. The standard InChI is InChI=1S/C13H15NO2/c15-10-13(16)12-7-4-8-14(12)9-11-5-2-1-3-6-11/h1-3,5-6,10,12H,4,7-9H2. The molecule has 0 aromatic heterocycles. The normalized spacial score (nSPS) is 20.9. The molecule has 3 heteroatoms. The maximum atomic E-state index is 11.4. The Morgan fingerprint density at radius 3 is 2.81 bits per heavy atom. The zero-order valence-corrected chi connectivity index (χ0v) is 9.13. The average molecular weight is 217 g/mol. The van der Waals surface area contributed by atoms with Crippen molar-refractivity contribution < 1.29 is 9.59 Å². The quantitative estimate of drug-likeness (QED) is 0.565. The summed E-state index contributed by atoms with van der Waals surface area (Å²) in [5.74, 6) is -0.284. The minimum Gasteiger partial charge on any atom is -0.295 e. The monoisotopic (exact) mass is 217 g/mol. The number of nitrogens with zero attached hydrogens (tertiary/aromatic N) is 1. The van der Waals surface area contributed by atoms with E-state index in [4.69, 9.17) is 0 Å². The molecule has 0 amide bonds. The number of ketones is 1. The van der Waals surface area contributed by atoms with Gasteiger partial charge in [-0.25, -0.2) is 0 Å². The smallest absolute Gasteiger partial charge is 0.212 e. The molecular weight excluding hydrogens is 202 g/mol. The van der Waals surface area contributed by atoms with Gasteiger partial charge in [-0.05, 0) is 24.9 Å². The Morgan fingerprint density at radius 1 is 1.38 bits per heavy atom. The van der Waals surface area contributed by atoms with Crippen molar-refractivity contribution in [2.24, 2.45) is 0 Å². The second kappa shape index (κ2) is 5.03. The van der Waals surface area contributed by atoms with Crippen molar-refractivity contribution in [3.05, 3.63) is 35.9 Å². The summed E-state index contributed by atoms with van der Waals surface area (Å²) in [7, 11) is 0. The van der Waals surface area contributed by atoms with Crippen molar-refractivity contribution in [2.75, 3.05) is 6.54 Å². The molecule has 1 heterocycles. The second-order valence-electron chi connectivity index (χ2n) is 4.13. The molecule has 1 atom stereocenters. The Labute approximate surface area is 95.1 Å². The van der Waals surface area contributed by atoms with Gasteiger partial charge >= 0.3 is 0 Å². The lowest BCUT2D eigenvalue weighted by molar-refractivity contribution is -0.132. The maximum absolute atomic E-state index is 11.4. The van der Waals surface area contributed by atoms with Crippen molar-refractivity contribution in [3.8, 4) is 0 Å². The molecule has 2 rings (SSSR count). The lowest BCUT2D eigenvalue weighted by atomic mass is 10.1. The predicted octanol–water partition coefficient (Wildman–Crippen LogP) is 1.42. The van der Waals surface area contributed by atoms with Crippen LogP contribution in [-0.4, -0.2) is 29.6 Å². The van der Waals surface area contributed by atoms with E-state index in [-0.39, 0.29) is 11.8 Å². The molecule has 84 valence electrons. The molecule has 3 nitrogen and oxygen atoms in total. The van der Waals surface area contributed by atoms with Crippen molar-refractivity contribution in [3.63, 3.8) is 0 Å².